The molecule has 3 aromatic heterocycles. The van der Waals surface area contributed by atoms with Crippen LogP contribution in [0.3, 0.4) is 0 Å². The number of nitrogens with one attached hydrogen (secondary N) is 1. The fourth-order valence-corrected chi connectivity index (χ4v) is 4.73. The zero-order valence-corrected chi connectivity index (χ0v) is 17.1. The summed E-state index contributed by atoms with van der Waals surface area (Å²) in [7, 11) is 3.76. The molecule has 8 heteroatoms. The molecule has 7 nitrogen and oxygen atoms in total. The third-order valence-electron chi connectivity index (χ3n) is 5.38. The van der Waals surface area contributed by atoms with Gasteiger partial charge in [0.1, 0.15) is 11.4 Å². The second kappa shape index (κ2) is 7.13. The van der Waals surface area contributed by atoms with Crippen molar-refractivity contribution in [3.8, 4) is 5.75 Å². The predicted molar refractivity (Wildman–Crippen MR) is 114 cm³/mol. The summed E-state index contributed by atoms with van der Waals surface area (Å²) >= 11 is 1.35. The molecular formula is C21H21N5O2S. The van der Waals surface area contributed by atoms with Gasteiger partial charge in [-0.25, -0.2) is 9.97 Å². The Morgan fingerprint density at radius 3 is 2.93 bits per heavy atom. The fraction of sp³-hybridized carbons (Fsp3) is 0.286. The lowest BCUT2D eigenvalue weighted by molar-refractivity contribution is 0.102. The van der Waals surface area contributed by atoms with Gasteiger partial charge in [0.05, 0.1) is 34.7 Å². The van der Waals surface area contributed by atoms with Crippen LogP contribution in [0.2, 0.25) is 0 Å². The minimum Gasteiger partial charge on any atom is -0.497 e. The van der Waals surface area contributed by atoms with Crippen molar-refractivity contribution in [1.82, 2.24) is 19.3 Å². The topological polar surface area (TPSA) is 71.8 Å². The lowest BCUT2D eigenvalue weighted by atomic mass is 10.2. The fourth-order valence-electron chi connectivity index (χ4n) is 3.84. The van der Waals surface area contributed by atoms with Crippen molar-refractivity contribution in [2.75, 3.05) is 26.0 Å². The van der Waals surface area contributed by atoms with Gasteiger partial charge in [-0.2, -0.15) is 0 Å². The molecule has 1 saturated heterocycles. The van der Waals surface area contributed by atoms with Gasteiger partial charge >= 0.3 is 0 Å². The van der Waals surface area contributed by atoms with E-state index in [0.29, 0.717) is 16.7 Å². The number of hydrogen-bond donors (Lipinski definition) is 1. The Kier molecular flexibility index (Phi) is 4.44. The van der Waals surface area contributed by atoms with Crippen LogP contribution in [0, 0.1) is 0 Å². The highest BCUT2D eigenvalue weighted by Gasteiger charge is 2.25. The molecule has 5 rings (SSSR count). The Balaban J connectivity index is 1.38. The van der Waals surface area contributed by atoms with E-state index >= 15 is 0 Å². The maximum Gasteiger partial charge on any atom is 0.284 e. The molecule has 1 unspecified atom stereocenters. The number of amides is 1. The molecule has 1 fully saturated rings. The number of pyridine rings is 1. The Morgan fingerprint density at radius 2 is 2.14 bits per heavy atom. The molecule has 0 saturated carbocycles. The summed E-state index contributed by atoms with van der Waals surface area (Å²) < 4.78 is 8.13. The van der Waals surface area contributed by atoms with Crippen molar-refractivity contribution in [2.24, 2.45) is 0 Å². The zero-order valence-electron chi connectivity index (χ0n) is 16.3. The molecule has 1 aliphatic heterocycles. The molecule has 0 bridgehead atoms. The number of hydrogen-bond acceptors (Lipinski definition) is 6. The van der Waals surface area contributed by atoms with Crippen molar-refractivity contribution >= 4 is 38.8 Å². The smallest absolute Gasteiger partial charge is 0.284 e. The summed E-state index contributed by atoms with van der Waals surface area (Å²) in [6, 6.07) is 9.77. The average Bonchev–Trinajstić information content (AvgIpc) is 3.43. The van der Waals surface area contributed by atoms with Crippen molar-refractivity contribution in [3.63, 3.8) is 0 Å². The maximum atomic E-state index is 12.7. The molecule has 1 aromatic carbocycles. The number of carbonyl (C=O) groups excluding carboxylic acids is 1. The number of ether oxygens (including phenoxy) is 1. The third kappa shape index (κ3) is 3.34. The Morgan fingerprint density at radius 1 is 1.24 bits per heavy atom. The van der Waals surface area contributed by atoms with Gasteiger partial charge in [-0.1, -0.05) is 0 Å². The largest absolute Gasteiger partial charge is 0.497 e. The van der Waals surface area contributed by atoms with Crippen LogP contribution in [0.4, 0.5) is 5.69 Å². The lowest BCUT2D eigenvalue weighted by Crippen LogP contribution is -2.17. The Hall–Kier alpha value is -2.97. The number of imidazole rings is 1. The molecule has 0 aliphatic carbocycles. The molecule has 148 valence electrons. The quantitative estimate of drug-likeness (QED) is 0.554. The van der Waals surface area contributed by atoms with Crippen molar-refractivity contribution in [1.29, 1.82) is 0 Å². The van der Waals surface area contributed by atoms with Gasteiger partial charge < -0.3 is 14.5 Å². The van der Waals surface area contributed by atoms with E-state index in [0.717, 1.165) is 40.3 Å². The highest BCUT2D eigenvalue weighted by atomic mass is 32.1. The van der Waals surface area contributed by atoms with Crippen LogP contribution < -0.4 is 10.1 Å². The molecule has 4 aromatic rings. The molecule has 1 N–H and O–H groups in total. The normalized spacial score (nSPS) is 17.2. The van der Waals surface area contributed by atoms with Crippen molar-refractivity contribution < 1.29 is 9.53 Å². The van der Waals surface area contributed by atoms with Gasteiger partial charge in [0.2, 0.25) is 0 Å². The number of rotatable bonds is 4. The number of thiazole rings is 1. The summed E-state index contributed by atoms with van der Waals surface area (Å²) in [4.78, 5) is 24.2. The first-order chi connectivity index (χ1) is 14.1. The first-order valence-electron chi connectivity index (χ1n) is 9.55. The van der Waals surface area contributed by atoms with E-state index in [4.69, 9.17) is 9.72 Å². The number of benzene rings is 1. The highest BCUT2D eigenvalue weighted by Crippen LogP contribution is 2.30. The van der Waals surface area contributed by atoms with E-state index in [9.17, 15) is 4.79 Å². The van der Waals surface area contributed by atoms with Gasteiger partial charge in [0.15, 0.2) is 5.01 Å². The number of carbonyl (C=O) groups is 1. The zero-order chi connectivity index (χ0) is 20.0. The van der Waals surface area contributed by atoms with E-state index in [2.05, 4.69) is 28.4 Å². The number of nitrogens with zero attached hydrogens (tertiary/aromatic N) is 4. The molecule has 0 radical (unpaired) electrons. The summed E-state index contributed by atoms with van der Waals surface area (Å²) in [5.41, 5.74) is 3.46. The maximum absolute atomic E-state index is 12.7. The van der Waals surface area contributed by atoms with Crippen LogP contribution in [0.25, 0.3) is 15.9 Å². The molecule has 1 amide bonds. The van der Waals surface area contributed by atoms with Crippen LogP contribution in [0.1, 0.15) is 34.4 Å². The van der Waals surface area contributed by atoms with Gasteiger partial charge in [0.25, 0.3) is 5.91 Å². The van der Waals surface area contributed by atoms with Crippen LogP contribution >= 0.6 is 11.3 Å². The van der Waals surface area contributed by atoms with Crippen LogP contribution in [0.5, 0.6) is 5.75 Å². The van der Waals surface area contributed by atoms with E-state index in [-0.39, 0.29) is 5.91 Å². The van der Waals surface area contributed by atoms with E-state index in [1.165, 1.54) is 17.8 Å². The summed E-state index contributed by atoms with van der Waals surface area (Å²) in [5, 5.41) is 3.37. The first kappa shape index (κ1) is 18.1. The number of likely N-dealkylation sites (tertiary alicyclic amines) is 1. The monoisotopic (exact) mass is 407 g/mol. The summed E-state index contributed by atoms with van der Waals surface area (Å²) in [6.45, 7) is 1.11. The standard InChI is InChI=1S/C21H21N5O2S/c1-25-9-3-4-17(25)16-12-26-11-13(5-8-19(26)23-16)22-20(27)21-24-15-7-6-14(28-2)10-18(15)29-21/h5-8,10-12,17H,3-4,9H2,1-2H3,(H,22,27). The minimum absolute atomic E-state index is 0.222. The summed E-state index contributed by atoms with van der Waals surface area (Å²) in [6.07, 6.45) is 6.28. The predicted octanol–water partition coefficient (Wildman–Crippen LogP) is 3.97. The van der Waals surface area contributed by atoms with Crippen LogP contribution in [-0.4, -0.2) is 45.9 Å². The summed E-state index contributed by atoms with van der Waals surface area (Å²) in [5.74, 6) is 0.530. The molecule has 0 spiro atoms. The average molecular weight is 407 g/mol. The molecule has 1 aliphatic rings. The third-order valence-corrected chi connectivity index (χ3v) is 6.40. The second-order valence-corrected chi connectivity index (χ2v) is 8.33. The van der Waals surface area contributed by atoms with Gasteiger partial charge in [-0.15, -0.1) is 11.3 Å². The number of fused-ring (bicyclic) bond motifs is 2. The van der Waals surface area contributed by atoms with Gasteiger partial charge in [-0.3, -0.25) is 9.69 Å². The van der Waals surface area contributed by atoms with Gasteiger partial charge in [0, 0.05) is 12.4 Å². The Bertz CT molecular complexity index is 1210. The minimum atomic E-state index is -0.222. The van der Waals surface area contributed by atoms with Crippen molar-refractivity contribution in [2.45, 2.75) is 18.9 Å². The van der Waals surface area contributed by atoms with E-state index < -0.39 is 0 Å². The van der Waals surface area contributed by atoms with Gasteiger partial charge in [-0.05, 0) is 56.8 Å². The molecular weight excluding hydrogens is 386 g/mol. The number of aromatic nitrogens is 3. The van der Waals surface area contributed by atoms with E-state index in [1.54, 1.807) is 7.11 Å². The van der Waals surface area contributed by atoms with Crippen LogP contribution in [-0.2, 0) is 0 Å². The SMILES string of the molecule is COc1ccc2nc(C(=O)Nc3ccc4nc(C5CCCN5C)cn4c3)sc2c1. The van der Waals surface area contributed by atoms with Crippen LogP contribution in [0.15, 0.2) is 42.7 Å². The second-order valence-electron chi connectivity index (χ2n) is 7.29. The molecule has 1 atom stereocenters. The molecule has 4 heterocycles. The first-order valence-corrected chi connectivity index (χ1v) is 10.4. The molecule has 29 heavy (non-hydrogen) atoms. The van der Waals surface area contributed by atoms with Crippen molar-refractivity contribution in [3.05, 3.63) is 53.4 Å². The highest BCUT2D eigenvalue weighted by molar-refractivity contribution is 7.20. The van der Waals surface area contributed by atoms with E-state index in [1.807, 2.05) is 40.9 Å². The number of methoxy groups -OCH3 is 1. The Labute approximate surface area is 172 Å². The lowest BCUT2D eigenvalue weighted by Gasteiger charge is -2.16. The number of anilines is 1.